The molecule has 3 atom stereocenters. The van der Waals surface area contributed by atoms with Crippen LogP contribution in [0, 0.1) is 5.92 Å². The lowest BCUT2D eigenvalue weighted by molar-refractivity contribution is 0.255. The van der Waals surface area contributed by atoms with Crippen molar-refractivity contribution in [2.24, 2.45) is 11.7 Å². The summed E-state index contributed by atoms with van der Waals surface area (Å²) in [5, 5.41) is 0.770. The Hall–Kier alpha value is -0.570. The van der Waals surface area contributed by atoms with Crippen LogP contribution in [0.1, 0.15) is 38.3 Å². The molecule has 3 unspecified atom stereocenters. The normalized spacial score (nSPS) is 26.4. The molecule has 2 nitrogen and oxygen atoms in total. The number of hydrogen-bond acceptors (Lipinski definition) is 2. The summed E-state index contributed by atoms with van der Waals surface area (Å²) >= 11 is 5.99. The monoisotopic (exact) mass is 266 g/mol. The van der Waals surface area contributed by atoms with Crippen LogP contribution in [0.25, 0.3) is 0 Å². The Bertz CT molecular complexity index is 394. The standard InChI is InChI=1S/C15H23ClN2/c1-11-8-12(2)18(10-11)7-6-15(17)13-4-3-5-14(16)9-13/h3-5,9,11-12,15H,6-8,10,17H2,1-2H3. The molecular formula is C15H23ClN2. The second-order valence-corrected chi connectivity index (χ2v) is 6.07. The molecule has 1 fully saturated rings. The molecule has 0 amide bonds. The van der Waals surface area contributed by atoms with Gasteiger partial charge in [-0.3, -0.25) is 0 Å². The first-order valence-corrected chi connectivity index (χ1v) is 7.19. The summed E-state index contributed by atoms with van der Waals surface area (Å²) in [6.07, 6.45) is 2.31. The van der Waals surface area contributed by atoms with E-state index in [1.165, 1.54) is 13.0 Å². The van der Waals surface area contributed by atoms with Gasteiger partial charge in [0.15, 0.2) is 0 Å². The first kappa shape index (κ1) is 13.9. The van der Waals surface area contributed by atoms with Crippen LogP contribution in [0.3, 0.4) is 0 Å². The summed E-state index contributed by atoms with van der Waals surface area (Å²) in [4.78, 5) is 2.55. The molecule has 0 bridgehead atoms. The van der Waals surface area contributed by atoms with Gasteiger partial charge in [-0.25, -0.2) is 0 Å². The fourth-order valence-electron chi connectivity index (χ4n) is 2.91. The lowest BCUT2D eigenvalue weighted by Gasteiger charge is -2.23. The minimum atomic E-state index is 0.0896. The van der Waals surface area contributed by atoms with Crippen molar-refractivity contribution < 1.29 is 0 Å². The van der Waals surface area contributed by atoms with Crippen molar-refractivity contribution in [3.63, 3.8) is 0 Å². The molecule has 2 N–H and O–H groups in total. The van der Waals surface area contributed by atoms with E-state index in [-0.39, 0.29) is 6.04 Å². The number of nitrogens with two attached hydrogens (primary N) is 1. The average Bonchev–Trinajstić information content (AvgIpc) is 2.65. The Balaban J connectivity index is 1.87. The third kappa shape index (κ3) is 3.47. The summed E-state index contributed by atoms with van der Waals surface area (Å²) in [7, 11) is 0. The molecule has 1 aromatic carbocycles. The third-order valence-corrected chi connectivity index (χ3v) is 4.15. The van der Waals surface area contributed by atoms with Crippen LogP contribution < -0.4 is 5.73 Å². The van der Waals surface area contributed by atoms with Crippen LogP contribution in [0.4, 0.5) is 0 Å². The van der Waals surface area contributed by atoms with Gasteiger partial charge >= 0.3 is 0 Å². The van der Waals surface area contributed by atoms with Crippen LogP contribution in [0.2, 0.25) is 5.02 Å². The van der Waals surface area contributed by atoms with Crippen LogP contribution in [-0.2, 0) is 0 Å². The first-order chi connectivity index (χ1) is 8.56. The fourth-order valence-corrected chi connectivity index (χ4v) is 3.11. The van der Waals surface area contributed by atoms with Crippen molar-refractivity contribution in [2.75, 3.05) is 13.1 Å². The summed E-state index contributed by atoms with van der Waals surface area (Å²) in [5.41, 5.74) is 7.38. The number of halogens is 1. The highest BCUT2D eigenvalue weighted by Gasteiger charge is 2.25. The predicted octanol–water partition coefficient (Wildman–Crippen LogP) is 3.46. The van der Waals surface area contributed by atoms with Gasteiger partial charge in [0.2, 0.25) is 0 Å². The largest absolute Gasteiger partial charge is 0.324 e. The number of likely N-dealkylation sites (tertiary alicyclic amines) is 1. The van der Waals surface area contributed by atoms with Crippen LogP contribution in [0.5, 0.6) is 0 Å². The zero-order valence-corrected chi connectivity index (χ0v) is 12.0. The molecule has 1 aromatic rings. The van der Waals surface area contributed by atoms with Gasteiger partial charge in [0.05, 0.1) is 0 Å². The summed E-state index contributed by atoms with van der Waals surface area (Å²) < 4.78 is 0. The highest BCUT2D eigenvalue weighted by Crippen LogP contribution is 2.24. The van der Waals surface area contributed by atoms with E-state index in [0.29, 0.717) is 6.04 Å². The quantitative estimate of drug-likeness (QED) is 0.904. The number of rotatable bonds is 4. The van der Waals surface area contributed by atoms with Crippen molar-refractivity contribution in [3.05, 3.63) is 34.9 Å². The lowest BCUT2D eigenvalue weighted by Crippen LogP contribution is -2.30. The molecule has 0 saturated carbocycles. The minimum Gasteiger partial charge on any atom is -0.324 e. The molecule has 3 heteroatoms. The molecule has 0 aromatic heterocycles. The highest BCUT2D eigenvalue weighted by molar-refractivity contribution is 6.30. The molecule has 100 valence electrons. The second-order valence-electron chi connectivity index (χ2n) is 5.64. The van der Waals surface area contributed by atoms with Crippen molar-refractivity contribution in [3.8, 4) is 0 Å². The summed E-state index contributed by atoms with van der Waals surface area (Å²) in [6.45, 7) is 6.93. The number of benzene rings is 1. The van der Waals surface area contributed by atoms with Crippen molar-refractivity contribution in [1.29, 1.82) is 0 Å². The predicted molar refractivity (Wildman–Crippen MR) is 77.8 cm³/mol. The maximum atomic E-state index is 6.24. The number of nitrogens with zero attached hydrogens (tertiary/aromatic N) is 1. The van der Waals surface area contributed by atoms with E-state index in [0.717, 1.165) is 29.5 Å². The van der Waals surface area contributed by atoms with Crippen LogP contribution in [0.15, 0.2) is 24.3 Å². The van der Waals surface area contributed by atoms with Gasteiger partial charge in [-0.2, -0.15) is 0 Å². The van der Waals surface area contributed by atoms with Gasteiger partial charge in [-0.05, 0) is 43.4 Å². The van der Waals surface area contributed by atoms with Gasteiger partial charge in [-0.15, -0.1) is 0 Å². The van der Waals surface area contributed by atoms with Crippen molar-refractivity contribution >= 4 is 11.6 Å². The van der Waals surface area contributed by atoms with Crippen LogP contribution in [-0.4, -0.2) is 24.0 Å². The zero-order valence-electron chi connectivity index (χ0n) is 11.3. The van der Waals surface area contributed by atoms with Gasteiger partial charge in [0.1, 0.15) is 0 Å². The highest BCUT2D eigenvalue weighted by atomic mass is 35.5. The van der Waals surface area contributed by atoms with Gasteiger partial charge in [0.25, 0.3) is 0 Å². The molecular weight excluding hydrogens is 244 g/mol. The molecule has 1 heterocycles. The van der Waals surface area contributed by atoms with E-state index in [1.807, 2.05) is 18.2 Å². The Kier molecular flexibility index (Phi) is 4.66. The Morgan fingerprint density at radius 3 is 2.83 bits per heavy atom. The third-order valence-electron chi connectivity index (χ3n) is 3.92. The smallest absolute Gasteiger partial charge is 0.0409 e. The molecule has 1 aliphatic rings. The molecule has 0 radical (unpaired) electrons. The van der Waals surface area contributed by atoms with Gasteiger partial charge in [0, 0.05) is 30.2 Å². The molecule has 18 heavy (non-hydrogen) atoms. The Morgan fingerprint density at radius 2 is 2.22 bits per heavy atom. The van der Waals surface area contributed by atoms with Gasteiger partial charge in [-0.1, -0.05) is 30.7 Å². The van der Waals surface area contributed by atoms with E-state index >= 15 is 0 Å². The van der Waals surface area contributed by atoms with E-state index < -0.39 is 0 Å². The molecule has 2 rings (SSSR count). The molecule has 1 aliphatic heterocycles. The minimum absolute atomic E-state index is 0.0896. The van der Waals surface area contributed by atoms with Gasteiger partial charge < -0.3 is 10.6 Å². The molecule has 1 saturated heterocycles. The maximum Gasteiger partial charge on any atom is 0.0409 e. The van der Waals surface area contributed by atoms with Crippen LogP contribution >= 0.6 is 11.6 Å². The summed E-state index contributed by atoms with van der Waals surface area (Å²) in [6, 6.07) is 8.69. The average molecular weight is 267 g/mol. The maximum absolute atomic E-state index is 6.24. The van der Waals surface area contributed by atoms with E-state index in [4.69, 9.17) is 17.3 Å². The first-order valence-electron chi connectivity index (χ1n) is 6.81. The molecule has 0 spiro atoms. The lowest BCUT2D eigenvalue weighted by atomic mass is 10.0. The zero-order chi connectivity index (χ0) is 13.1. The van der Waals surface area contributed by atoms with E-state index in [9.17, 15) is 0 Å². The second kappa shape index (κ2) is 6.05. The van der Waals surface area contributed by atoms with E-state index in [1.54, 1.807) is 0 Å². The fraction of sp³-hybridized carbons (Fsp3) is 0.600. The van der Waals surface area contributed by atoms with Crippen molar-refractivity contribution in [1.82, 2.24) is 4.90 Å². The topological polar surface area (TPSA) is 29.3 Å². The SMILES string of the molecule is CC1CC(C)N(CCC(N)c2cccc(Cl)c2)C1. The Labute approximate surface area is 115 Å². The van der Waals surface area contributed by atoms with E-state index in [2.05, 4.69) is 24.8 Å². The Morgan fingerprint density at radius 1 is 1.44 bits per heavy atom. The van der Waals surface area contributed by atoms with Crippen molar-refractivity contribution in [2.45, 2.75) is 38.8 Å². The molecule has 0 aliphatic carbocycles. The summed E-state index contributed by atoms with van der Waals surface area (Å²) in [5.74, 6) is 0.822. The number of hydrogen-bond donors (Lipinski definition) is 1.